The molecule has 0 saturated heterocycles. The van der Waals surface area contributed by atoms with Crippen LogP contribution in [-0.4, -0.2) is 17.4 Å². The summed E-state index contributed by atoms with van der Waals surface area (Å²) in [7, 11) is 0. The predicted octanol–water partition coefficient (Wildman–Crippen LogP) is 2.91. The molecule has 1 N–H and O–H groups in total. The topological polar surface area (TPSA) is 54.4 Å². The second-order valence-corrected chi connectivity index (χ2v) is 4.37. The van der Waals surface area contributed by atoms with Gasteiger partial charge >= 0.3 is 5.97 Å². The smallest absolute Gasteiger partial charge is 0.311 e. The van der Waals surface area contributed by atoms with E-state index in [-0.39, 0.29) is 0 Å². The van der Waals surface area contributed by atoms with E-state index in [1.807, 2.05) is 30.3 Å². The van der Waals surface area contributed by atoms with Gasteiger partial charge in [0.15, 0.2) is 0 Å². The van der Waals surface area contributed by atoms with Gasteiger partial charge in [0.1, 0.15) is 6.29 Å². The van der Waals surface area contributed by atoms with Crippen LogP contribution in [0.1, 0.15) is 27.4 Å². The van der Waals surface area contributed by atoms with Crippen molar-refractivity contribution < 1.29 is 14.7 Å². The molecule has 0 amide bonds. The summed E-state index contributed by atoms with van der Waals surface area (Å²) in [4.78, 5) is 22.0. The van der Waals surface area contributed by atoms with Crippen LogP contribution in [0.3, 0.4) is 0 Å². The van der Waals surface area contributed by atoms with Crippen molar-refractivity contribution in [1.29, 1.82) is 0 Å². The molecule has 0 spiro atoms. The molecule has 0 aliphatic carbocycles. The number of carbonyl (C=O) groups excluding carboxylic acids is 1. The van der Waals surface area contributed by atoms with E-state index in [2.05, 4.69) is 0 Å². The number of hydrogen-bond donors (Lipinski definition) is 1. The number of carboxylic acids is 1. The molecular weight excluding hydrogens is 240 g/mol. The molecule has 2 aromatic rings. The van der Waals surface area contributed by atoms with Crippen molar-refractivity contribution in [1.82, 2.24) is 0 Å². The van der Waals surface area contributed by atoms with Gasteiger partial charge in [-0.3, -0.25) is 9.59 Å². The Labute approximate surface area is 111 Å². The Hall–Kier alpha value is -2.42. The lowest BCUT2D eigenvalue weighted by molar-refractivity contribution is -0.138. The van der Waals surface area contributed by atoms with Crippen LogP contribution in [0, 0.1) is 0 Å². The molecule has 2 rings (SSSR count). The fourth-order valence-electron chi connectivity index (χ4n) is 2.00. The van der Waals surface area contributed by atoms with Gasteiger partial charge in [-0.1, -0.05) is 54.6 Å². The molecule has 2 aromatic carbocycles. The lowest BCUT2D eigenvalue weighted by Gasteiger charge is -2.13. The minimum atomic E-state index is -0.859. The lowest BCUT2D eigenvalue weighted by atomic mass is 9.91. The molecule has 0 fully saturated rings. The molecule has 0 aliphatic heterocycles. The Bertz CT molecular complexity index is 558. The summed E-state index contributed by atoms with van der Waals surface area (Å²) >= 11 is 0. The summed E-state index contributed by atoms with van der Waals surface area (Å²) in [6, 6.07) is 16.2. The SMILES string of the molecule is O=Cc1ccc(C(Cc2ccccc2)C(=O)O)cc1. The Morgan fingerprint density at radius 1 is 1.05 bits per heavy atom. The molecule has 0 bridgehead atoms. The number of carbonyl (C=O) groups is 2. The first-order valence-electron chi connectivity index (χ1n) is 6.02. The average Bonchev–Trinajstić information content (AvgIpc) is 2.46. The highest BCUT2D eigenvalue weighted by Gasteiger charge is 2.20. The highest BCUT2D eigenvalue weighted by Crippen LogP contribution is 2.21. The Morgan fingerprint density at radius 3 is 2.21 bits per heavy atom. The van der Waals surface area contributed by atoms with Crippen LogP contribution in [0.15, 0.2) is 54.6 Å². The molecule has 0 heterocycles. The van der Waals surface area contributed by atoms with Crippen molar-refractivity contribution in [3.8, 4) is 0 Å². The number of carboxylic acid groups (broad SMARTS) is 1. The first kappa shape index (κ1) is 13.0. The molecule has 96 valence electrons. The van der Waals surface area contributed by atoms with Gasteiger partial charge in [0.05, 0.1) is 5.92 Å². The first-order valence-corrected chi connectivity index (χ1v) is 6.02. The summed E-state index contributed by atoms with van der Waals surface area (Å²) < 4.78 is 0. The van der Waals surface area contributed by atoms with Crippen LogP contribution in [0.25, 0.3) is 0 Å². The van der Waals surface area contributed by atoms with Crippen LogP contribution >= 0.6 is 0 Å². The maximum atomic E-state index is 11.4. The van der Waals surface area contributed by atoms with E-state index >= 15 is 0 Å². The second-order valence-electron chi connectivity index (χ2n) is 4.37. The zero-order valence-corrected chi connectivity index (χ0v) is 10.3. The van der Waals surface area contributed by atoms with Gasteiger partial charge < -0.3 is 5.11 Å². The van der Waals surface area contributed by atoms with E-state index in [1.54, 1.807) is 24.3 Å². The van der Waals surface area contributed by atoms with Crippen LogP contribution in [-0.2, 0) is 11.2 Å². The summed E-state index contributed by atoms with van der Waals surface area (Å²) in [5, 5.41) is 9.34. The van der Waals surface area contributed by atoms with E-state index < -0.39 is 11.9 Å². The van der Waals surface area contributed by atoms with Gasteiger partial charge in [0.2, 0.25) is 0 Å². The van der Waals surface area contributed by atoms with Gasteiger partial charge in [0.25, 0.3) is 0 Å². The number of benzene rings is 2. The zero-order valence-electron chi connectivity index (χ0n) is 10.3. The quantitative estimate of drug-likeness (QED) is 0.835. The Morgan fingerprint density at radius 2 is 1.68 bits per heavy atom. The van der Waals surface area contributed by atoms with E-state index in [4.69, 9.17) is 0 Å². The highest BCUT2D eigenvalue weighted by molar-refractivity contribution is 5.78. The molecule has 0 aromatic heterocycles. The second kappa shape index (κ2) is 5.96. The van der Waals surface area contributed by atoms with Crippen molar-refractivity contribution >= 4 is 12.3 Å². The normalized spacial score (nSPS) is 11.8. The summed E-state index contributed by atoms with van der Waals surface area (Å²) in [6.07, 6.45) is 1.19. The first-order chi connectivity index (χ1) is 9.20. The molecule has 0 aliphatic rings. The molecule has 3 heteroatoms. The van der Waals surface area contributed by atoms with E-state index in [1.165, 1.54) is 0 Å². The van der Waals surface area contributed by atoms with Crippen molar-refractivity contribution in [2.24, 2.45) is 0 Å². The van der Waals surface area contributed by atoms with Crippen molar-refractivity contribution in [3.63, 3.8) is 0 Å². The third kappa shape index (κ3) is 3.28. The third-order valence-corrected chi connectivity index (χ3v) is 3.06. The lowest BCUT2D eigenvalue weighted by Crippen LogP contribution is -2.14. The Balaban J connectivity index is 2.24. The van der Waals surface area contributed by atoms with Gasteiger partial charge in [-0.15, -0.1) is 0 Å². The number of aldehydes is 1. The molecule has 19 heavy (non-hydrogen) atoms. The van der Waals surface area contributed by atoms with E-state index in [0.29, 0.717) is 17.5 Å². The highest BCUT2D eigenvalue weighted by atomic mass is 16.4. The summed E-state index contributed by atoms with van der Waals surface area (Å²) in [5.74, 6) is -1.45. The molecule has 0 radical (unpaired) electrons. The summed E-state index contributed by atoms with van der Waals surface area (Å²) in [5.41, 5.74) is 2.24. The van der Waals surface area contributed by atoms with Crippen molar-refractivity contribution in [2.75, 3.05) is 0 Å². The van der Waals surface area contributed by atoms with E-state index in [9.17, 15) is 14.7 Å². The fourth-order valence-corrected chi connectivity index (χ4v) is 2.00. The number of hydrogen-bond acceptors (Lipinski definition) is 2. The van der Waals surface area contributed by atoms with Crippen molar-refractivity contribution in [3.05, 3.63) is 71.3 Å². The monoisotopic (exact) mass is 254 g/mol. The van der Waals surface area contributed by atoms with Crippen molar-refractivity contribution in [2.45, 2.75) is 12.3 Å². The summed E-state index contributed by atoms with van der Waals surface area (Å²) in [6.45, 7) is 0. The molecule has 3 nitrogen and oxygen atoms in total. The maximum Gasteiger partial charge on any atom is 0.311 e. The number of aliphatic carboxylic acids is 1. The average molecular weight is 254 g/mol. The molecule has 0 saturated carbocycles. The zero-order chi connectivity index (χ0) is 13.7. The maximum absolute atomic E-state index is 11.4. The minimum absolute atomic E-state index is 0.441. The fraction of sp³-hybridized carbons (Fsp3) is 0.125. The molecule has 1 unspecified atom stereocenters. The van der Waals surface area contributed by atoms with Crippen LogP contribution < -0.4 is 0 Å². The van der Waals surface area contributed by atoms with Gasteiger partial charge in [-0.2, -0.15) is 0 Å². The van der Waals surface area contributed by atoms with Crippen LogP contribution in [0.4, 0.5) is 0 Å². The van der Waals surface area contributed by atoms with Crippen LogP contribution in [0.5, 0.6) is 0 Å². The standard InChI is InChI=1S/C16H14O3/c17-11-13-6-8-14(9-7-13)15(16(18)19)10-12-4-2-1-3-5-12/h1-9,11,15H,10H2,(H,18,19). The largest absolute Gasteiger partial charge is 0.481 e. The molecule has 1 atom stereocenters. The third-order valence-electron chi connectivity index (χ3n) is 3.06. The van der Waals surface area contributed by atoms with Gasteiger partial charge in [-0.25, -0.2) is 0 Å². The van der Waals surface area contributed by atoms with Gasteiger partial charge in [-0.05, 0) is 17.5 Å². The minimum Gasteiger partial charge on any atom is -0.481 e. The van der Waals surface area contributed by atoms with Crippen LogP contribution in [0.2, 0.25) is 0 Å². The predicted molar refractivity (Wildman–Crippen MR) is 72.4 cm³/mol. The number of rotatable bonds is 5. The molecular formula is C16H14O3. The van der Waals surface area contributed by atoms with Gasteiger partial charge in [0, 0.05) is 5.56 Å². The van der Waals surface area contributed by atoms with E-state index in [0.717, 1.165) is 11.8 Å². The Kier molecular flexibility index (Phi) is 4.08.